The second kappa shape index (κ2) is 10.0. The molecule has 0 aliphatic rings. The fourth-order valence-electron chi connectivity index (χ4n) is 1.54. The van der Waals surface area contributed by atoms with Crippen molar-refractivity contribution in [3.63, 3.8) is 0 Å². The fourth-order valence-corrected chi connectivity index (χ4v) is 1.54. The molecule has 0 spiro atoms. The van der Waals surface area contributed by atoms with Crippen LogP contribution in [-0.2, 0) is 4.74 Å². The molecule has 0 radical (unpaired) electrons. The Morgan fingerprint density at radius 3 is 2.50 bits per heavy atom. The Hall–Kier alpha value is -0.160. The number of hydrogen-bond acceptors (Lipinski definition) is 4. The second-order valence-corrected chi connectivity index (χ2v) is 4.71. The highest BCUT2D eigenvalue weighted by Crippen LogP contribution is 2.07. The van der Waals surface area contributed by atoms with Crippen LogP contribution in [0.25, 0.3) is 0 Å². The minimum Gasteiger partial charge on any atom is -0.396 e. The quantitative estimate of drug-likeness (QED) is 0.488. The van der Waals surface area contributed by atoms with Gasteiger partial charge in [-0.25, -0.2) is 0 Å². The normalized spacial score (nSPS) is 15.4. The molecule has 0 fully saturated rings. The predicted molar refractivity (Wildman–Crippen MR) is 65.4 cm³/mol. The van der Waals surface area contributed by atoms with Crippen molar-refractivity contribution < 1.29 is 14.9 Å². The van der Waals surface area contributed by atoms with Crippen LogP contribution in [0, 0.1) is 5.92 Å². The van der Waals surface area contributed by atoms with E-state index in [2.05, 4.69) is 19.2 Å². The molecule has 0 aromatic rings. The molecule has 0 aromatic heterocycles. The van der Waals surface area contributed by atoms with E-state index in [9.17, 15) is 5.11 Å². The van der Waals surface area contributed by atoms with E-state index >= 15 is 0 Å². The third kappa shape index (κ3) is 10.4. The summed E-state index contributed by atoms with van der Waals surface area (Å²) < 4.78 is 5.53. The highest BCUT2D eigenvalue weighted by atomic mass is 16.5. The number of aliphatic hydroxyl groups is 2. The Morgan fingerprint density at radius 1 is 1.25 bits per heavy atom. The first-order valence-corrected chi connectivity index (χ1v) is 6.17. The maximum atomic E-state index is 9.58. The van der Waals surface area contributed by atoms with Crippen molar-refractivity contribution in [3.05, 3.63) is 0 Å². The maximum Gasteiger partial charge on any atom is 0.0897 e. The molecule has 0 saturated carbocycles. The summed E-state index contributed by atoms with van der Waals surface area (Å²) in [5.74, 6) is 0.620. The lowest BCUT2D eigenvalue weighted by atomic mass is 10.1. The third-order valence-electron chi connectivity index (χ3n) is 2.27. The van der Waals surface area contributed by atoms with Crippen LogP contribution in [0.4, 0.5) is 0 Å². The maximum absolute atomic E-state index is 9.58. The van der Waals surface area contributed by atoms with E-state index in [0.717, 1.165) is 19.4 Å². The predicted octanol–water partition coefficient (Wildman–Crippen LogP) is 0.770. The number of hydrogen-bond donors (Lipinski definition) is 3. The molecule has 0 aliphatic heterocycles. The van der Waals surface area contributed by atoms with E-state index in [-0.39, 0.29) is 12.7 Å². The van der Waals surface area contributed by atoms with Gasteiger partial charge in [-0.15, -0.1) is 0 Å². The van der Waals surface area contributed by atoms with E-state index in [1.54, 1.807) is 0 Å². The Bertz CT molecular complexity index is 153. The lowest BCUT2D eigenvalue weighted by Gasteiger charge is -2.18. The van der Waals surface area contributed by atoms with Crippen LogP contribution in [0.15, 0.2) is 0 Å². The summed E-state index contributed by atoms with van der Waals surface area (Å²) in [6, 6.07) is 0. The fraction of sp³-hybridized carbons (Fsp3) is 1.00. The van der Waals surface area contributed by atoms with Gasteiger partial charge >= 0.3 is 0 Å². The third-order valence-corrected chi connectivity index (χ3v) is 2.27. The van der Waals surface area contributed by atoms with Gasteiger partial charge in [0.25, 0.3) is 0 Å². The summed E-state index contributed by atoms with van der Waals surface area (Å²) in [4.78, 5) is 0. The topological polar surface area (TPSA) is 61.7 Å². The lowest BCUT2D eigenvalue weighted by molar-refractivity contribution is -0.00849. The van der Waals surface area contributed by atoms with E-state index in [4.69, 9.17) is 9.84 Å². The molecule has 2 atom stereocenters. The van der Waals surface area contributed by atoms with Gasteiger partial charge in [-0.05, 0) is 32.2 Å². The van der Waals surface area contributed by atoms with Crippen molar-refractivity contribution in [2.24, 2.45) is 5.92 Å². The van der Waals surface area contributed by atoms with Crippen LogP contribution in [0.1, 0.15) is 33.6 Å². The van der Waals surface area contributed by atoms with Crippen LogP contribution < -0.4 is 5.32 Å². The number of ether oxygens (including phenoxy) is 1. The molecule has 0 aliphatic carbocycles. The SMILES string of the molecule is CC(C)CC(C)OCC(O)CNCCCO. The van der Waals surface area contributed by atoms with Crippen molar-refractivity contribution in [2.45, 2.75) is 45.8 Å². The smallest absolute Gasteiger partial charge is 0.0897 e. The van der Waals surface area contributed by atoms with E-state index in [1.807, 2.05) is 6.92 Å². The second-order valence-electron chi connectivity index (χ2n) is 4.71. The number of nitrogens with one attached hydrogen (secondary N) is 1. The average molecular weight is 233 g/mol. The molecule has 3 N–H and O–H groups in total. The molecule has 98 valence electrons. The molecule has 0 bridgehead atoms. The lowest BCUT2D eigenvalue weighted by Crippen LogP contribution is -2.32. The van der Waals surface area contributed by atoms with Gasteiger partial charge in [0, 0.05) is 13.2 Å². The van der Waals surface area contributed by atoms with Crippen LogP contribution >= 0.6 is 0 Å². The van der Waals surface area contributed by atoms with Gasteiger partial charge in [-0.3, -0.25) is 0 Å². The highest BCUT2D eigenvalue weighted by Gasteiger charge is 2.09. The van der Waals surface area contributed by atoms with Gasteiger partial charge < -0.3 is 20.3 Å². The molecular weight excluding hydrogens is 206 g/mol. The summed E-state index contributed by atoms with van der Waals surface area (Å²) in [6.45, 7) is 8.17. The van der Waals surface area contributed by atoms with E-state index in [0.29, 0.717) is 19.1 Å². The van der Waals surface area contributed by atoms with Crippen molar-refractivity contribution in [1.29, 1.82) is 0 Å². The molecule has 4 nitrogen and oxygen atoms in total. The summed E-state index contributed by atoms with van der Waals surface area (Å²) in [5, 5.41) is 21.2. The summed E-state index contributed by atoms with van der Waals surface area (Å²) in [6.07, 6.45) is 1.47. The van der Waals surface area contributed by atoms with E-state index in [1.165, 1.54) is 0 Å². The Kier molecular flexibility index (Phi) is 9.92. The van der Waals surface area contributed by atoms with Crippen LogP contribution in [0.3, 0.4) is 0 Å². The first-order chi connectivity index (χ1) is 7.56. The molecule has 0 amide bonds. The standard InChI is InChI=1S/C12H27NO3/c1-10(2)7-11(3)16-9-12(15)8-13-5-4-6-14/h10-15H,4-9H2,1-3H3. The molecule has 0 heterocycles. The largest absolute Gasteiger partial charge is 0.396 e. The number of aliphatic hydroxyl groups excluding tert-OH is 2. The van der Waals surface area contributed by atoms with Crippen molar-refractivity contribution in [2.75, 3.05) is 26.3 Å². The Morgan fingerprint density at radius 2 is 1.94 bits per heavy atom. The summed E-state index contributed by atoms with van der Waals surface area (Å²) in [7, 11) is 0. The van der Waals surface area contributed by atoms with Gasteiger partial charge in [0.05, 0.1) is 18.8 Å². The molecule has 0 saturated heterocycles. The van der Waals surface area contributed by atoms with Crippen molar-refractivity contribution in [1.82, 2.24) is 5.32 Å². The van der Waals surface area contributed by atoms with Crippen LogP contribution in [0.5, 0.6) is 0 Å². The molecule has 4 heteroatoms. The summed E-state index contributed by atoms with van der Waals surface area (Å²) in [5.41, 5.74) is 0. The minimum absolute atomic E-state index is 0.186. The van der Waals surface area contributed by atoms with Gasteiger partial charge in [-0.2, -0.15) is 0 Å². The minimum atomic E-state index is -0.465. The van der Waals surface area contributed by atoms with Crippen molar-refractivity contribution >= 4 is 0 Å². The Balaban J connectivity index is 3.38. The van der Waals surface area contributed by atoms with Gasteiger partial charge in [0.1, 0.15) is 0 Å². The van der Waals surface area contributed by atoms with Gasteiger partial charge in [0.2, 0.25) is 0 Å². The first kappa shape index (κ1) is 15.8. The zero-order valence-electron chi connectivity index (χ0n) is 10.8. The van der Waals surface area contributed by atoms with Gasteiger partial charge in [0.15, 0.2) is 0 Å². The number of rotatable bonds is 10. The van der Waals surface area contributed by atoms with Gasteiger partial charge in [-0.1, -0.05) is 13.8 Å². The van der Waals surface area contributed by atoms with Crippen LogP contribution in [-0.4, -0.2) is 48.7 Å². The zero-order chi connectivity index (χ0) is 12.4. The molecule has 16 heavy (non-hydrogen) atoms. The molecular formula is C12H27NO3. The van der Waals surface area contributed by atoms with Crippen LogP contribution in [0.2, 0.25) is 0 Å². The zero-order valence-corrected chi connectivity index (χ0v) is 10.8. The molecule has 0 rings (SSSR count). The first-order valence-electron chi connectivity index (χ1n) is 6.17. The highest BCUT2D eigenvalue weighted by molar-refractivity contribution is 4.61. The van der Waals surface area contributed by atoms with E-state index < -0.39 is 6.10 Å². The Labute approximate surface area is 99.0 Å². The summed E-state index contributed by atoms with van der Waals surface area (Å²) >= 11 is 0. The monoisotopic (exact) mass is 233 g/mol. The molecule has 2 unspecified atom stereocenters. The average Bonchev–Trinajstić information content (AvgIpc) is 2.20. The van der Waals surface area contributed by atoms with Crippen molar-refractivity contribution in [3.8, 4) is 0 Å². The molecule has 0 aromatic carbocycles.